The van der Waals surface area contributed by atoms with Crippen LogP contribution in [0.1, 0.15) is 20.3 Å². The predicted octanol–water partition coefficient (Wildman–Crippen LogP) is 0.562. The second kappa shape index (κ2) is 5.39. The van der Waals surface area contributed by atoms with Gasteiger partial charge in [-0.3, -0.25) is 0 Å². The van der Waals surface area contributed by atoms with E-state index in [1.165, 1.54) is 0 Å². The highest BCUT2D eigenvalue weighted by Gasteiger charge is 2.02. The molecular weight excluding hydrogens is 148 g/mol. The van der Waals surface area contributed by atoms with E-state index < -0.39 is 11.0 Å². The second-order valence-electron chi connectivity index (χ2n) is 2.02. The van der Waals surface area contributed by atoms with E-state index in [1.807, 2.05) is 19.9 Å². The van der Waals surface area contributed by atoms with Crippen LogP contribution in [-0.4, -0.2) is 16.0 Å². The summed E-state index contributed by atoms with van der Waals surface area (Å²) in [5.41, 5.74) is 0. The van der Waals surface area contributed by atoms with Crippen LogP contribution in [0.4, 0.5) is 0 Å². The molecule has 4 heteroatoms. The minimum atomic E-state index is -0.960. The van der Waals surface area contributed by atoms with Crippen molar-refractivity contribution in [1.29, 1.82) is 5.26 Å². The summed E-state index contributed by atoms with van der Waals surface area (Å²) in [6.45, 7) is 3.68. The average molecular weight is 160 g/mol. The quantitative estimate of drug-likeness (QED) is 0.653. The fourth-order valence-corrected chi connectivity index (χ4v) is 1.19. The highest BCUT2D eigenvalue weighted by atomic mass is 32.2. The summed E-state index contributed by atoms with van der Waals surface area (Å²) < 4.78 is 13.6. The van der Waals surface area contributed by atoms with Crippen LogP contribution in [0, 0.1) is 11.3 Å². The molecule has 0 fully saturated rings. The zero-order valence-corrected chi connectivity index (χ0v) is 7.07. The first kappa shape index (κ1) is 9.60. The van der Waals surface area contributed by atoms with Crippen molar-refractivity contribution in [2.75, 3.05) is 5.75 Å². The molecule has 58 valence electrons. The molecule has 2 unspecified atom stereocenters. The van der Waals surface area contributed by atoms with Crippen molar-refractivity contribution in [2.24, 2.45) is 0 Å². The van der Waals surface area contributed by atoms with Crippen molar-refractivity contribution in [3.8, 4) is 6.07 Å². The zero-order valence-electron chi connectivity index (χ0n) is 6.26. The molecule has 0 spiro atoms. The van der Waals surface area contributed by atoms with Crippen LogP contribution in [0.15, 0.2) is 0 Å². The van der Waals surface area contributed by atoms with E-state index in [0.717, 1.165) is 0 Å². The van der Waals surface area contributed by atoms with Crippen molar-refractivity contribution >= 4 is 11.0 Å². The van der Waals surface area contributed by atoms with Crippen LogP contribution in [0.3, 0.4) is 0 Å². The molecule has 0 saturated carbocycles. The first-order valence-corrected chi connectivity index (χ1v) is 4.54. The maximum Gasteiger partial charge on any atom is 0.0915 e. The van der Waals surface area contributed by atoms with E-state index in [-0.39, 0.29) is 6.04 Å². The van der Waals surface area contributed by atoms with Crippen molar-refractivity contribution < 1.29 is 4.21 Å². The van der Waals surface area contributed by atoms with Crippen LogP contribution >= 0.6 is 0 Å². The van der Waals surface area contributed by atoms with Gasteiger partial charge in [-0.15, -0.1) is 0 Å². The van der Waals surface area contributed by atoms with Crippen molar-refractivity contribution in [1.82, 2.24) is 4.72 Å². The largest absolute Gasteiger partial charge is 0.243 e. The Kier molecular flexibility index (Phi) is 5.17. The van der Waals surface area contributed by atoms with Gasteiger partial charge < -0.3 is 0 Å². The summed E-state index contributed by atoms with van der Waals surface area (Å²) in [4.78, 5) is 0. The Balaban J connectivity index is 3.49. The molecule has 0 saturated heterocycles. The van der Waals surface area contributed by atoms with Crippen LogP contribution in [-0.2, 0) is 11.0 Å². The first-order chi connectivity index (χ1) is 4.70. The molecule has 0 aromatic heterocycles. The van der Waals surface area contributed by atoms with Gasteiger partial charge in [-0.2, -0.15) is 5.26 Å². The molecule has 0 rings (SSSR count). The van der Waals surface area contributed by atoms with Gasteiger partial charge >= 0.3 is 0 Å². The maximum absolute atomic E-state index is 10.8. The van der Waals surface area contributed by atoms with Gasteiger partial charge in [-0.25, -0.2) is 8.93 Å². The Labute approximate surface area is 64.0 Å². The lowest BCUT2D eigenvalue weighted by atomic mass is 10.3. The molecule has 0 aromatic carbocycles. The van der Waals surface area contributed by atoms with Crippen LogP contribution < -0.4 is 4.72 Å². The second-order valence-corrected chi connectivity index (χ2v) is 3.52. The number of rotatable bonds is 4. The Bertz CT molecular complexity index is 152. The van der Waals surface area contributed by atoms with E-state index in [2.05, 4.69) is 4.72 Å². The van der Waals surface area contributed by atoms with Crippen molar-refractivity contribution in [3.63, 3.8) is 0 Å². The minimum Gasteiger partial charge on any atom is -0.243 e. The summed E-state index contributed by atoms with van der Waals surface area (Å²) in [6.07, 6.45) is 0.408. The summed E-state index contributed by atoms with van der Waals surface area (Å²) in [6, 6.07) is 2.03. The van der Waals surface area contributed by atoms with Gasteiger partial charge in [0, 0.05) is 11.8 Å². The molecule has 3 nitrogen and oxygen atoms in total. The SMILES string of the molecule is CCS(=O)NC(C)CC#N. The lowest BCUT2D eigenvalue weighted by Crippen LogP contribution is -2.28. The van der Waals surface area contributed by atoms with E-state index in [1.54, 1.807) is 0 Å². The average Bonchev–Trinajstić information content (AvgIpc) is 1.88. The topological polar surface area (TPSA) is 52.9 Å². The van der Waals surface area contributed by atoms with Gasteiger partial charge in [-0.05, 0) is 6.92 Å². The van der Waals surface area contributed by atoms with E-state index >= 15 is 0 Å². The minimum absolute atomic E-state index is 0.0331. The summed E-state index contributed by atoms with van der Waals surface area (Å²) >= 11 is 0. The smallest absolute Gasteiger partial charge is 0.0915 e. The van der Waals surface area contributed by atoms with Gasteiger partial charge in [0.25, 0.3) is 0 Å². The van der Waals surface area contributed by atoms with Crippen molar-refractivity contribution in [2.45, 2.75) is 26.3 Å². The van der Waals surface area contributed by atoms with Crippen LogP contribution in [0.2, 0.25) is 0 Å². The van der Waals surface area contributed by atoms with Gasteiger partial charge in [0.05, 0.1) is 23.5 Å². The standard InChI is InChI=1S/C6H12N2OS/c1-3-10(9)8-6(2)4-5-7/h6,8H,3-4H2,1-2H3. The third kappa shape index (κ3) is 4.48. The summed E-state index contributed by atoms with van der Waals surface area (Å²) in [7, 11) is -0.960. The number of nitrogens with zero attached hydrogens (tertiary/aromatic N) is 1. The zero-order chi connectivity index (χ0) is 7.98. The molecule has 0 aliphatic heterocycles. The van der Waals surface area contributed by atoms with Gasteiger partial charge in [0.2, 0.25) is 0 Å². The predicted molar refractivity (Wildman–Crippen MR) is 41.5 cm³/mol. The molecule has 0 amide bonds. The molecule has 0 aliphatic carbocycles. The fourth-order valence-electron chi connectivity index (χ4n) is 0.486. The van der Waals surface area contributed by atoms with E-state index in [4.69, 9.17) is 5.26 Å². The monoisotopic (exact) mass is 160 g/mol. The Morgan fingerprint density at radius 3 is 2.80 bits per heavy atom. The molecular formula is C6H12N2OS. The lowest BCUT2D eigenvalue weighted by molar-refractivity contribution is 0.643. The molecule has 0 radical (unpaired) electrons. The molecule has 0 aromatic rings. The Morgan fingerprint density at radius 1 is 1.80 bits per heavy atom. The summed E-state index contributed by atoms with van der Waals surface area (Å²) in [5.74, 6) is 0.593. The number of hydrogen-bond donors (Lipinski definition) is 1. The maximum atomic E-state index is 10.8. The molecule has 1 N–H and O–H groups in total. The normalized spacial score (nSPS) is 15.7. The van der Waals surface area contributed by atoms with Crippen LogP contribution in [0.5, 0.6) is 0 Å². The number of nitriles is 1. The Hall–Kier alpha value is -0.400. The van der Waals surface area contributed by atoms with Crippen LogP contribution in [0.25, 0.3) is 0 Å². The highest BCUT2D eigenvalue weighted by molar-refractivity contribution is 7.82. The van der Waals surface area contributed by atoms with Gasteiger partial charge in [0.1, 0.15) is 0 Å². The molecule has 10 heavy (non-hydrogen) atoms. The van der Waals surface area contributed by atoms with Gasteiger partial charge in [-0.1, -0.05) is 6.92 Å². The molecule has 0 bridgehead atoms. The summed E-state index contributed by atoms with van der Waals surface area (Å²) in [5, 5.41) is 8.23. The third-order valence-electron chi connectivity index (χ3n) is 0.992. The fraction of sp³-hybridized carbons (Fsp3) is 0.833. The van der Waals surface area contributed by atoms with Crippen molar-refractivity contribution in [3.05, 3.63) is 0 Å². The lowest BCUT2D eigenvalue weighted by Gasteiger charge is -2.06. The van der Waals surface area contributed by atoms with E-state index in [9.17, 15) is 4.21 Å². The molecule has 0 aliphatic rings. The number of nitrogens with one attached hydrogen (secondary N) is 1. The highest BCUT2D eigenvalue weighted by Crippen LogP contribution is 1.88. The molecule has 0 heterocycles. The first-order valence-electron chi connectivity index (χ1n) is 3.22. The Morgan fingerprint density at radius 2 is 2.40 bits per heavy atom. The van der Waals surface area contributed by atoms with E-state index in [0.29, 0.717) is 12.2 Å². The number of hydrogen-bond acceptors (Lipinski definition) is 2. The third-order valence-corrected chi connectivity index (χ3v) is 2.18. The van der Waals surface area contributed by atoms with Gasteiger partial charge in [0.15, 0.2) is 0 Å². The molecule has 2 atom stereocenters.